The first-order valence-electron chi connectivity index (χ1n) is 12.8. The Morgan fingerprint density at radius 1 is 1.03 bits per heavy atom. The normalized spacial score (nSPS) is 21.8. The first-order chi connectivity index (χ1) is 18.9. The van der Waals surface area contributed by atoms with E-state index < -0.39 is 22.8 Å². The molecule has 7 rings (SSSR count). The molecule has 3 aliphatic rings. The number of ether oxygens (including phenoxy) is 1. The van der Waals surface area contributed by atoms with E-state index in [2.05, 4.69) is 0 Å². The lowest BCUT2D eigenvalue weighted by Crippen LogP contribution is -2.55. The third-order valence-electron chi connectivity index (χ3n) is 7.86. The molecule has 4 heterocycles. The standard InChI is InChI=1S/C30H22ClFN2O5/c31-18-9-12-24-21(14-18)26(35)25-27(39-24)28(36)34(16-20-4-3-13-38-20)30(25)22-5-1-2-6-23(22)33(29(30)37)15-17-7-10-19(32)11-8-17/h1-2,5-12,14,20H,3-4,13,15-16H2. The number of benzene rings is 3. The molecular weight excluding hydrogens is 523 g/mol. The van der Waals surface area contributed by atoms with Gasteiger partial charge in [0.15, 0.2) is 11.0 Å². The van der Waals surface area contributed by atoms with Gasteiger partial charge in [0.1, 0.15) is 11.4 Å². The molecule has 2 atom stereocenters. The third kappa shape index (κ3) is 3.41. The molecule has 2 unspecified atom stereocenters. The van der Waals surface area contributed by atoms with E-state index in [4.69, 9.17) is 20.8 Å². The molecule has 1 fully saturated rings. The maximum Gasteiger partial charge on any atom is 0.291 e. The Kier molecular flexibility index (Phi) is 5.40. The van der Waals surface area contributed by atoms with Crippen LogP contribution in [0.1, 0.15) is 40.1 Å². The van der Waals surface area contributed by atoms with Crippen LogP contribution in [-0.4, -0.2) is 36.0 Å². The fraction of sp³-hybridized carbons (Fsp3) is 0.233. The second-order valence-electron chi connectivity index (χ2n) is 10.1. The summed E-state index contributed by atoms with van der Waals surface area (Å²) in [5, 5.41) is 0.523. The molecular formula is C30H22ClFN2O5. The molecule has 9 heteroatoms. The zero-order chi connectivity index (χ0) is 26.9. The number of carbonyl (C=O) groups excluding carboxylic acids is 2. The molecule has 7 nitrogen and oxygen atoms in total. The van der Waals surface area contributed by atoms with Crippen LogP contribution < -0.4 is 10.3 Å². The minimum atomic E-state index is -1.74. The number of hydrogen-bond donors (Lipinski definition) is 0. The summed E-state index contributed by atoms with van der Waals surface area (Å²) in [4.78, 5) is 46.0. The van der Waals surface area contributed by atoms with Crippen LogP contribution in [0.2, 0.25) is 5.02 Å². The molecule has 3 aliphatic heterocycles. The van der Waals surface area contributed by atoms with Gasteiger partial charge in [-0.25, -0.2) is 4.39 Å². The Bertz CT molecular complexity index is 1730. The highest BCUT2D eigenvalue weighted by Gasteiger charge is 2.65. The maximum atomic E-state index is 14.7. The van der Waals surface area contributed by atoms with Crippen molar-refractivity contribution in [1.82, 2.24) is 4.90 Å². The molecule has 0 aliphatic carbocycles. The highest BCUT2D eigenvalue weighted by molar-refractivity contribution is 6.31. The molecule has 1 aromatic heterocycles. The van der Waals surface area contributed by atoms with Crippen LogP contribution in [-0.2, 0) is 21.6 Å². The summed E-state index contributed by atoms with van der Waals surface area (Å²) in [5.74, 6) is -1.53. The van der Waals surface area contributed by atoms with Crippen LogP contribution >= 0.6 is 11.6 Å². The zero-order valence-electron chi connectivity index (χ0n) is 20.7. The number of hydrogen-bond acceptors (Lipinski definition) is 5. The summed E-state index contributed by atoms with van der Waals surface area (Å²) in [6, 6.07) is 17.6. The molecule has 0 radical (unpaired) electrons. The average molecular weight is 545 g/mol. The summed E-state index contributed by atoms with van der Waals surface area (Å²) in [6.07, 6.45) is 1.28. The van der Waals surface area contributed by atoms with E-state index in [9.17, 15) is 18.8 Å². The van der Waals surface area contributed by atoms with E-state index >= 15 is 0 Å². The van der Waals surface area contributed by atoms with Gasteiger partial charge in [-0.3, -0.25) is 14.4 Å². The Hall–Kier alpha value is -4.01. The topological polar surface area (TPSA) is 80.1 Å². The van der Waals surface area contributed by atoms with Crippen molar-refractivity contribution in [3.05, 3.63) is 110 Å². The van der Waals surface area contributed by atoms with Gasteiger partial charge in [-0.05, 0) is 54.8 Å². The lowest BCUT2D eigenvalue weighted by molar-refractivity contribution is -0.126. The fourth-order valence-electron chi connectivity index (χ4n) is 6.13. The molecule has 1 spiro atoms. The number of amides is 2. The van der Waals surface area contributed by atoms with Crippen molar-refractivity contribution >= 4 is 40.1 Å². The predicted octanol–water partition coefficient (Wildman–Crippen LogP) is 5.01. The molecule has 196 valence electrons. The Labute approximate surface area is 227 Å². The lowest BCUT2D eigenvalue weighted by atomic mass is 9.83. The average Bonchev–Trinajstić information content (AvgIpc) is 3.60. The minimum absolute atomic E-state index is 0.0145. The van der Waals surface area contributed by atoms with Gasteiger partial charge in [0, 0.05) is 23.7 Å². The molecule has 39 heavy (non-hydrogen) atoms. The van der Waals surface area contributed by atoms with Crippen molar-refractivity contribution in [3.63, 3.8) is 0 Å². The summed E-state index contributed by atoms with van der Waals surface area (Å²) in [5.41, 5.74) is -0.252. The summed E-state index contributed by atoms with van der Waals surface area (Å²) in [7, 11) is 0. The van der Waals surface area contributed by atoms with Crippen LogP contribution in [0.5, 0.6) is 0 Å². The fourth-order valence-corrected chi connectivity index (χ4v) is 6.31. The first kappa shape index (κ1) is 24.1. The van der Waals surface area contributed by atoms with Gasteiger partial charge >= 0.3 is 0 Å². The van der Waals surface area contributed by atoms with Crippen LogP contribution in [0, 0.1) is 5.82 Å². The van der Waals surface area contributed by atoms with Crippen molar-refractivity contribution in [2.45, 2.75) is 31.0 Å². The Balaban J connectivity index is 1.49. The molecule has 2 amide bonds. The Morgan fingerprint density at radius 2 is 1.82 bits per heavy atom. The smallest absolute Gasteiger partial charge is 0.291 e. The highest BCUT2D eigenvalue weighted by atomic mass is 35.5. The van der Waals surface area contributed by atoms with Gasteiger partial charge < -0.3 is 19.0 Å². The second kappa shape index (κ2) is 8.76. The number of fused-ring (bicyclic) bond motifs is 5. The second-order valence-corrected chi connectivity index (χ2v) is 10.5. The quantitative estimate of drug-likeness (QED) is 0.361. The number of nitrogens with zero attached hydrogens (tertiary/aromatic N) is 2. The van der Waals surface area contributed by atoms with Gasteiger partial charge in [-0.1, -0.05) is 41.9 Å². The summed E-state index contributed by atoms with van der Waals surface area (Å²) < 4.78 is 25.5. The number of anilines is 1. The predicted molar refractivity (Wildman–Crippen MR) is 142 cm³/mol. The molecule has 0 N–H and O–H groups in total. The number of rotatable bonds is 4. The molecule has 0 saturated carbocycles. The van der Waals surface area contributed by atoms with Crippen molar-refractivity contribution in [2.24, 2.45) is 0 Å². The van der Waals surface area contributed by atoms with E-state index in [-0.39, 0.29) is 47.3 Å². The monoisotopic (exact) mass is 544 g/mol. The first-order valence-corrected chi connectivity index (χ1v) is 13.1. The van der Waals surface area contributed by atoms with Gasteiger partial charge in [0.05, 0.1) is 29.3 Å². The van der Waals surface area contributed by atoms with Crippen LogP contribution in [0.15, 0.2) is 75.9 Å². The lowest BCUT2D eigenvalue weighted by Gasteiger charge is -2.35. The Morgan fingerprint density at radius 3 is 2.59 bits per heavy atom. The van der Waals surface area contributed by atoms with E-state index in [0.29, 0.717) is 28.4 Å². The number of carbonyl (C=O) groups is 2. The summed E-state index contributed by atoms with van der Waals surface area (Å²) >= 11 is 6.22. The van der Waals surface area contributed by atoms with Crippen LogP contribution in [0.3, 0.4) is 0 Å². The minimum Gasteiger partial charge on any atom is -0.450 e. The van der Waals surface area contributed by atoms with Crippen molar-refractivity contribution < 1.29 is 23.1 Å². The van der Waals surface area contributed by atoms with Gasteiger partial charge in [0.25, 0.3) is 11.8 Å². The molecule has 4 aromatic rings. The highest BCUT2D eigenvalue weighted by Crippen LogP contribution is 2.53. The SMILES string of the molecule is O=C1c2oc3ccc(Cl)cc3c(=O)c2C2(C(=O)N(Cc3ccc(F)cc3)c3ccccc32)N1CC1CCCO1. The van der Waals surface area contributed by atoms with Crippen LogP contribution in [0.25, 0.3) is 11.0 Å². The van der Waals surface area contributed by atoms with E-state index in [0.717, 1.165) is 12.8 Å². The molecule has 0 bridgehead atoms. The van der Waals surface area contributed by atoms with E-state index in [1.54, 1.807) is 53.4 Å². The van der Waals surface area contributed by atoms with Crippen LogP contribution in [0.4, 0.5) is 10.1 Å². The zero-order valence-corrected chi connectivity index (χ0v) is 21.4. The summed E-state index contributed by atoms with van der Waals surface area (Å²) in [6.45, 7) is 0.803. The number of halogens is 2. The van der Waals surface area contributed by atoms with Gasteiger partial charge in [0.2, 0.25) is 5.76 Å². The van der Waals surface area contributed by atoms with Gasteiger partial charge in [-0.2, -0.15) is 0 Å². The van der Waals surface area contributed by atoms with Crippen molar-refractivity contribution in [2.75, 3.05) is 18.1 Å². The third-order valence-corrected chi connectivity index (χ3v) is 8.10. The van der Waals surface area contributed by atoms with E-state index in [1.165, 1.54) is 23.1 Å². The maximum absolute atomic E-state index is 14.7. The van der Waals surface area contributed by atoms with E-state index in [1.807, 2.05) is 0 Å². The largest absolute Gasteiger partial charge is 0.450 e. The van der Waals surface area contributed by atoms with Crippen molar-refractivity contribution in [3.8, 4) is 0 Å². The molecule has 1 saturated heterocycles. The van der Waals surface area contributed by atoms with Gasteiger partial charge in [-0.15, -0.1) is 0 Å². The number of para-hydroxylation sites is 1. The van der Waals surface area contributed by atoms with Crippen molar-refractivity contribution in [1.29, 1.82) is 0 Å². The molecule has 3 aromatic carbocycles.